The molecule has 10 heteroatoms. The van der Waals surface area contributed by atoms with Crippen LogP contribution in [-0.4, -0.2) is 44.8 Å². The van der Waals surface area contributed by atoms with Crippen LogP contribution in [0.3, 0.4) is 0 Å². The number of carbonyl (C=O) groups is 2. The summed E-state index contributed by atoms with van der Waals surface area (Å²) in [5, 5.41) is 3.02. The van der Waals surface area contributed by atoms with Crippen LogP contribution >= 0.6 is 27.5 Å². The predicted octanol–water partition coefficient (Wildman–Crippen LogP) is 5.08. The number of benzene rings is 3. The number of halogens is 2. The first kappa shape index (κ1) is 28.7. The van der Waals surface area contributed by atoms with Crippen molar-refractivity contribution < 1.29 is 18.0 Å². The maximum absolute atomic E-state index is 13.8. The molecule has 3 rings (SSSR count). The van der Waals surface area contributed by atoms with Gasteiger partial charge < -0.3 is 10.2 Å². The number of amides is 2. The molecule has 196 valence electrons. The minimum Gasteiger partial charge on any atom is -0.357 e. The monoisotopic (exact) mass is 605 g/mol. The van der Waals surface area contributed by atoms with E-state index in [9.17, 15) is 18.0 Å². The van der Waals surface area contributed by atoms with Crippen molar-refractivity contribution in [2.45, 2.75) is 38.3 Å². The summed E-state index contributed by atoms with van der Waals surface area (Å²) in [7, 11) is -2.64. The van der Waals surface area contributed by atoms with Gasteiger partial charge in [-0.2, -0.15) is 0 Å². The standard InChI is InChI=1S/C27H29BrClN3O4S/c1-18-5-12-24(13-6-18)37(35,36)32(25-14-11-23(29)15-19(25)2)17-26(33)31(20(3)27(34)30-4)16-21-7-9-22(28)10-8-21/h5-15,20H,16-17H2,1-4H3,(H,30,34)/t20-/m1/s1. The summed E-state index contributed by atoms with van der Waals surface area (Å²) in [6.07, 6.45) is 0. The summed E-state index contributed by atoms with van der Waals surface area (Å²) < 4.78 is 29.6. The number of likely N-dealkylation sites (N-methyl/N-ethyl adjacent to an activating group) is 1. The first-order valence-electron chi connectivity index (χ1n) is 11.5. The molecule has 1 atom stereocenters. The number of rotatable bonds is 9. The van der Waals surface area contributed by atoms with Crippen LogP contribution in [0.25, 0.3) is 0 Å². The SMILES string of the molecule is CNC(=O)[C@@H](C)N(Cc1ccc(Br)cc1)C(=O)CN(c1ccc(Cl)cc1C)S(=O)(=O)c1ccc(C)cc1. The van der Waals surface area contributed by atoms with E-state index in [1.807, 2.05) is 31.2 Å². The van der Waals surface area contributed by atoms with Gasteiger partial charge in [0.05, 0.1) is 10.6 Å². The van der Waals surface area contributed by atoms with Gasteiger partial charge in [0.25, 0.3) is 10.0 Å². The van der Waals surface area contributed by atoms with Crippen molar-refractivity contribution in [3.63, 3.8) is 0 Å². The summed E-state index contributed by atoms with van der Waals surface area (Å²) in [5.41, 5.74) is 2.62. The third-order valence-corrected chi connectivity index (χ3v) is 8.53. The van der Waals surface area contributed by atoms with E-state index in [0.29, 0.717) is 16.3 Å². The Balaban J connectivity index is 2.06. The van der Waals surface area contributed by atoms with E-state index in [2.05, 4.69) is 21.2 Å². The molecule has 0 aliphatic carbocycles. The molecule has 0 saturated carbocycles. The number of hydrogen-bond acceptors (Lipinski definition) is 4. The fraction of sp³-hybridized carbons (Fsp3) is 0.259. The second kappa shape index (κ2) is 12.1. The van der Waals surface area contributed by atoms with E-state index in [4.69, 9.17) is 11.6 Å². The maximum atomic E-state index is 13.8. The quantitative estimate of drug-likeness (QED) is 0.368. The lowest BCUT2D eigenvalue weighted by atomic mass is 10.1. The Bertz CT molecular complexity index is 1380. The Kier molecular flexibility index (Phi) is 9.39. The van der Waals surface area contributed by atoms with Gasteiger partial charge in [-0.05, 0) is 74.4 Å². The van der Waals surface area contributed by atoms with Gasteiger partial charge in [0.1, 0.15) is 12.6 Å². The summed E-state index contributed by atoms with van der Waals surface area (Å²) in [6, 6.07) is 17.8. The zero-order valence-corrected chi connectivity index (χ0v) is 24.2. The van der Waals surface area contributed by atoms with Crippen LogP contribution in [0.15, 0.2) is 76.1 Å². The van der Waals surface area contributed by atoms with Gasteiger partial charge in [0.2, 0.25) is 11.8 Å². The topological polar surface area (TPSA) is 86.8 Å². The Morgan fingerprint density at radius 3 is 2.19 bits per heavy atom. The number of sulfonamides is 1. The molecule has 0 aromatic heterocycles. The van der Waals surface area contributed by atoms with E-state index in [1.54, 1.807) is 44.2 Å². The first-order valence-corrected chi connectivity index (χ1v) is 14.2. The van der Waals surface area contributed by atoms with Crippen molar-refractivity contribution in [1.82, 2.24) is 10.2 Å². The molecular formula is C27H29BrClN3O4S. The number of carbonyl (C=O) groups excluding carboxylic acids is 2. The molecule has 7 nitrogen and oxygen atoms in total. The fourth-order valence-corrected chi connectivity index (χ4v) is 5.80. The van der Waals surface area contributed by atoms with Gasteiger partial charge in [0, 0.05) is 23.1 Å². The molecule has 0 radical (unpaired) electrons. The van der Waals surface area contributed by atoms with Crippen molar-refractivity contribution in [1.29, 1.82) is 0 Å². The Morgan fingerprint density at radius 1 is 1.00 bits per heavy atom. The van der Waals surface area contributed by atoms with E-state index < -0.39 is 28.5 Å². The molecule has 0 spiro atoms. The van der Waals surface area contributed by atoms with Crippen LogP contribution in [0.2, 0.25) is 5.02 Å². The molecule has 2 amide bonds. The van der Waals surface area contributed by atoms with Crippen molar-refractivity contribution in [2.24, 2.45) is 0 Å². The van der Waals surface area contributed by atoms with Crippen molar-refractivity contribution in [3.8, 4) is 0 Å². The number of aryl methyl sites for hydroxylation is 2. The van der Waals surface area contributed by atoms with E-state index in [0.717, 1.165) is 19.9 Å². The zero-order valence-electron chi connectivity index (χ0n) is 21.0. The number of nitrogens with one attached hydrogen (secondary N) is 1. The Hall–Kier alpha value is -2.88. The molecule has 1 N–H and O–H groups in total. The minimum atomic E-state index is -4.13. The van der Waals surface area contributed by atoms with Crippen LogP contribution in [0.1, 0.15) is 23.6 Å². The lowest BCUT2D eigenvalue weighted by molar-refractivity contribution is -0.139. The van der Waals surface area contributed by atoms with Gasteiger partial charge in [-0.1, -0.05) is 57.4 Å². The molecule has 3 aromatic carbocycles. The largest absolute Gasteiger partial charge is 0.357 e. The second-order valence-electron chi connectivity index (χ2n) is 8.69. The van der Waals surface area contributed by atoms with Crippen molar-refractivity contribution in [2.75, 3.05) is 17.9 Å². The molecule has 0 fully saturated rings. The Labute approximate surface area is 231 Å². The van der Waals surface area contributed by atoms with Crippen LogP contribution in [0, 0.1) is 13.8 Å². The lowest BCUT2D eigenvalue weighted by Crippen LogP contribution is -2.50. The molecule has 3 aromatic rings. The summed E-state index contributed by atoms with van der Waals surface area (Å²) in [4.78, 5) is 27.8. The normalized spacial score (nSPS) is 12.1. The second-order valence-corrected chi connectivity index (χ2v) is 11.9. The molecule has 0 heterocycles. The highest BCUT2D eigenvalue weighted by Crippen LogP contribution is 2.29. The molecule has 0 saturated heterocycles. The van der Waals surface area contributed by atoms with E-state index in [-0.39, 0.29) is 17.3 Å². The number of nitrogens with zero attached hydrogens (tertiary/aromatic N) is 2. The van der Waals surface area contributed by atoms with E-state index >= 15 is 0 Å². The lowest BCUT2D eigenvalue weighted by Gasteiger charge is -2.32. The van der Waals surface area contributed by atoms with Gasteiger partial charge in [-0.25, -0.2) is 8.42 Å². The third-order valence-electron chi connectivity index (χ3n) is 6.00. The van der Waals surface area contributed by atoms with Gasteiger partial charge >= 0.3 is 0 Å². The minimum absolute atomic E-state index is 0.0547. The smallest absolute Gasteiger partial charge is 0.264 e. The van der Waals surface area contributed by atoms with Crippen LogP contribution in [0.5, 0.6) is 0 Å². The highest BCUT2D eigenvalue weighted by atomic mass is 79.9. The van der Waals surface area contributed by atoms with Gasteiger partial charge in [-0.3, -0.25) is 13.9 Å². The predicted molar refractivity (Wildman–Crippen MR) is 150 cm³/mol. The average molecular weight is 607 g/mol. The molecule has 0 bridgehead atoms. The summed E-state index contributed by atoms with van der Waals surface area (Å²) >= 11 is 9.52. The zero-order chi connectivity index (χ0) is 27.3. The molecular weight excluding hydrogens is 578 g/mol. The first-order chi connectivity index (χ1) is 17.4. The van der Waals surface area contributed by atoms with Gasteiger partial charge in [0.15, 0.2) is 0 Å². The molecule has 0 aliphatic heterocycles. The molecule has 0 aliphatic rings. The highest BCUT2D eigenvalue weighted by Gasteiger charge is 2.33. The Morgan fingerprint density at radius 2 is 1.62 bits per heavy atom. The van der Waals surface area contributed by atoms with Crippen molar-refractivity contribution >= 4 is 55.1 Å². The summed E-state index contributed by atoms with van der Waals surface area (Å²) in [6.45, 7) is 4.83. The van der Waals surface area contributed by atoms with Gasteiger partial charge in [-0.15, -0.1) is 0 Å². The van der Waals surface area contributed by atoms with Crippen LogP contribution in [-0.2, 0) is 26.2 Å². The van der Waals surface area contributed by atoms with Crippen LogP contribution in [0.4, 0.5) is 5.69 Å². The molecule has 0 unspecified atom stereocenters. The third kappa shape index (κ3) is 6.91. The fourth-order valence-electron chi connectivity index (χ4n) is 3.83. The molecule has 37 heavy (non-hydrogen) atoms. The summed E-state index contributed by atoms with van der Waals surface area (Å²) in [5.74, 6) is -0.884. The number of hydrogen-bond donors (Lipinski definition) is 1. The van der Waals surface area contributed by atoms with Crippen molar-refractivity contribution in [3.05, 3.63) is 92.9 Å². The average Bonchev–Trinajstić information content (AvgIpc) is 2.86. The van der Waals surface area contributed by atoms with E-state index in [1.165, 1.54) is 24.1 Å². The number of anilines is 1. The maximum Gasteiger partial charge on any atom is 0.264 e. The van der Waals surface area contributed by atoms with Crippen LogP contribution < -0.4 is 9.62 Å². The highest BCUT2D eigenvalue weighted by molar-refractivity contribution is 9.10.